The normalized spacial score (nSPS) is 16.3. The number of fused-ring (bicyclic) bond motifs is 1. The smallest absolute Gasteiger partial charge is 0.278 e. The van der Waals surface area contributed by atoms with Gasteiger partial charge in [-0.15, -0.1) is 0 Å². The maximum absolute atomic E-state index is 12.9. The summed E-state index contributed by atoms with van der Waals surface area (Å²) in [6, 6.07) is 8.19. The van der Waals surface area contributed by atoms with Gasteiger partial charge in [-0.05, 0) is 38.8 Å². The van der Waals surface area contributed by atoms with Gasteiger partial charge in [0.15, 0.2) is 0 Å². The first kappa shape index (κ1) is 15.5. The second-order valence-corrected chi connectivity index (χ2v) is 5.79. The van der Waals surface area contributed by atoms with E-state index < -0.39 is 0 Å². The third kappa shape index (κ3) is 2.79. The SMILES string of the molecule is CCN(CC)c1cnc(C(=O)N2c3ccccc3CC2C)cn1. The molecule has 0 radical (unpaired) electrons. The van der Waals surface area contributed by atoms with Crippen LogP contribution in [0.5, 0.6) is 0 Å². The van der Waals surface area contributed by atoms with Crippen molar-refractivity contribution < 1.29 is 4.79 Å². The van der Waals surface area contributed by atoms with E-state index in [9.17, 15) is 4.79 Å². The Morgan fingerprint density at radius 2 is 1.96 bits per heavy atom. The molecule has 1 amide bonds. The highest BCUT2D eigenvalue weighted by atomic mass is 16.2. The van der Waals surface area contributed by atoms with E-state index in [-0.39, 0.29) is 11.9 Å². The number of aromatic nitrogens is 2. The van der Waals surface area contributed by atoms with Gasteiger partial charge >= 0.3 is 0 Å². The summed E-state index contributed by atoms with van der Waals surface area (Å²) in [6.45, 7) is 7.96. The van der Waals surface area contributed by atoms with Gasteiger partial charge in [0.1, 0.15) is 11.5 Å². The van der Waals surface area contributed by atoms with Crippen LogP contribution in [0.25, 0.3) is 0 Å². The molecule has 2 heterocycles. The molecule has 3 rings (SSSR count). The van der Waals surface area contributed by atoms with E-state index >= 15 is 0 Å². The molecule has 0 saturated carbocycles. The molecular weight excluding hydrogens is 288 g/mol. The van der Waals surface area contributed by atoms with Crippen LogP contribution in [0.2, 0.25) is 0 Å². The molecule has 23 heavy (non-hydrogen) atoms. The maximum atomic E-state index is 12.9. The largest absolute Gasteiger partial charge is 0.356 e. The Balaban J connectivity index is 1.86. The van der Waals surface area contributed by atoms with Crippen LogP contribution in [-0.2, 0) is 6.42 Å². The van der Waals surface area contributed by atoms with Crippen molar-refractivity contribution in [2.45, 2.75) is 33.2 Å². The Kier molecular flexibility index (Phi) is 4.28. The first-order valence-electron chi connectivity index (χ1n) is 8.14. The summed E-state index contributed by atoms with van der Waals surface area (Å²) in [5.74, 6) is 0.725. The molecule has 0 aliphatic carbocycles. The van der Waals surface area contributed by atoms with Crippen LogP contribution in [0.15, 0.2) is 36.7 Å². The molecule has 1 aromatic carbocycles. The van der Waals surface area contributed by atoms with Crippen LogP contribution < -0.4 is 9.80 Å². The maximum Gasteiger partial charge on any atom is 0.278 e. The minimum atomic E-state index is -0.0824. The predicted molar refractivity (Wildman–Crippen MR) is 92.0 cm³/mol. The second-order valence-electron chi connectivity index (χ2n) is 5.79. The molecule has 2 aromatic rings. The first-order chi connectivity index (χ1) is 11.2. The van der Waals surface area contributed by atoms with Gasteiger partial charge in [0, 0.05) is 24.8 Å². The van der Waals surface area contributed by atoms with Crippen molar-refractivity contribution in [1.29, 1.82) is 0 Å². The van der Waals surface area contributed by atoms with Crippen LogP contribution >= 0.6 is 0 Å². The van der Waals surface area contributed by atoms with Gasteiger partial charge < -0.3 is 9.80 Å². The van der Waals surface area contributed by atoms with Gasteiger partial charge in [0.25, 0.3) is 5.91 Å². The van der Waals surface area contributed by atoms with Gasteiger partial charge in [-0.3, -0.25) is 4.79 Å². The summed E-state index contributed by atoms with van der Waals surface area (Å²) in [6.07, 6.45) is 4.16. The molecule has 120 valence electrons. The number of hydrogen-bond donors (Lipinski definition) is 0. The van der Waals surface area contributed by atoms with Crippen molar-refractivity contribution in [3.05, 3.63) is 47.9 Å². The summed E-state index contributed by atoms with van der Waals surface area (Å²) in [5.41, 5.74) is 2.59. The molecule has 1 unspecified atom stereocenters. The van der Waals surface area contributed by atoms with Crippen LogP contribution in [0, 0.1) is 0 Å². The van der Waals surface area contributed by atoms with Crippen LogP contribution in [0.4, 0.5) is 11.5 Å². The lowest BCUT2D eigenvalue weighted by atomic mass is 10.1. The van der Waals surface area contributed by atoms with Gasteiger partial charge in [-0.2, -0.15) is 0 Å². The average molecular weight is 310 g/mol. The molecular formula is C18H22N4O. The highest BCUT2D eigenvalue weighted by Crippen LogP contribution is 2.32. The minimum Gasteiger partial charge on any atom is -0.356 e. The predicted octanol–water partition coefficient (Wildman–Crippen LogP) is 2.91. The number of hydrogen-bond acceptors (Lipinski definition) is 4. The number of rotatable bonds is 4. The van der Waals surface area contributed by atoms with E-state index in [1.54, 1.807) is 12.4 Å². The van der Waals surface area contributed by atoms with Crippen LogP contribution in [0.3, 0.4) is 0 Å². The molecule has 5 nitrogen and oxygen atoms in total. The molecule has 0 bridgehead atoms. The van der Waals surface area contributed by atoms with E-state index in [0.717, 1.165) is 31.0 Å². The fraction of sp³-hybridized carbons (Fsp3) is 0.389. The topological polar surface area (TPSA) is 49.3 Å². The zero-order chi connectivity index (χ0) is 16.4. The van der Waals surface area contributed by atoms with Crippen LogP contribution in [0.1, 0.15) is 36.8 Å². The molecule has 1 aromatic heterocycles. The number of amides is 1. The number of anilines is 2. The van der Waals surface area contributed by atoms with E-state index in [2.05, 4.69) is 41.7 Å². The highest BCUT2D eigenvalue weighted by molar-refractivity contribution is 6.06. The Morgan fingerprint density at radius 1 is 1.22 bits per heavy atom. The van der Waals surface area contributed by atoms with Crippen molar-refractivity contribution >= 4 is 17.4 Å². The zero-order valence-corrected chi connectivity index (χ0v) is 13.9. The van der Waals surface area contributed by atoms with Crippen molar-refractivity contribution in [2.75, 3.05) is 22.9 Å². The standard InChI is InChI=1S/C18H22N4O/c1-4-21(5-2)17-12-19-15(11-20-17)18(23)22-13(3)10-14-8-6-7-9-16(14)22/h6-9,11-13H,4-5,10H2,1-3H3. The Bertz CT molecular complexity index is 694. The lowest BCUT2D eigenvalue weighted by Gasteiger charge is -2.23. The quantitative estimate of drug-likeness (QED) is 0.871. The van der Waals surface area contributed by atoms with Crippen molar-refractivity contribution in [3.63, 3.8) is 0 Å². The summed E-state index contributed by atoms with van der Waals surface area (Å²) in [5, 5.41) is 0. The summed E-state index contributed by atoms with van der Waals surface area (Å²) in [7, 11) is 0. The number of para-hydroxylation sites is 1. The average Bonchev–Trinajstić information content (AvgIpc) is 2.91. The Morgan fingerprint density at radius 3 is 2.61 bits per heavy atom. The highest BCUT2D eigenvalue weighted by Gasteiger charge is 2.31. The Labute approximate surface area is 137 Å². The third-order valence-electron chi connectivity index (χ3n) is 4.37. The van der Waals surface area contributed by atoms with Crippen molar-refractivity contribution in [3.8, 4) is 0 Å². The second kappa shape index (κ2) is 6.36. The van der Waals surface area contributed by atoms with Gasteiger partial charge in [-0.25, -0.2) is 9.97 Å². The van der Waals surface area contributed by atoms with E-state index in [1.807, 2.05) is 23.1 Å². The zero-order valence-electron chi connectivity index (χ0n) is 13.9. The number of nitrogens with zero attached hydrogens (tertiary/aromatic N) is 4. The van der Waals surface area contributed by atoms with Crippen molar-refractivity contribution in [2.24, 2.45) is 0 Å². The molecule has 1 aliphatic heterocycles. The summed E-state index contributed by atoms with van der Waals surface area (Å²) in [4.78, 5) is 25.5. The van der Waals surface area contributed by atoms with E-state index in [4.69, 9.17) is 0 Å². The van der Waals surface area contributed by atoms with Crippen molar-refractivity contribution in [1.82, 2.24) is 9.97 Å². The summed E-state index contributed by atoms with van der Waals surface area (Å²) >= 11 is 0. The lowest BCUT2D eigenvalue weighted by molar-refractivity contribution is 0.0976. The molecule has 0 spiro atoms. The molecule has 1 aliphatic rings. The molecule has 1 atom stereocenters. The monoisotopic (exact) mass is 310 g/mol. The Hall–Kier alpha value is -2.43. The third-order valence-corrected chi connectivity index (χ3v) is 4.37. The molecule has 0 saturated heterocycles. The summed E-state index contributed by atoms with van der Waals surface area (Å²) < 4.78 is 0. The fourth-order valence-corrected chi connectivity index (χ4v) is 3.14. The fourth-order valence-electron chi connectivity index (χ4n) is 3.14. The minimum absolute atomic E-state index is 0.0824. The van der Waals surface area contributed by atoms with Gasteiger partial charge in [-0.1, -0.05) is 18.2 Å². The van der Waals surface area contributed by atoms with Crippen LogP contribution in [-0.4, -0.2) is 35.0 Å². The number of benzene rings is 1. The first-order valence-corrected chi connectivity index (χ1v) is 8.14. The lowest BCUT2D eigenvalue weighted by Crippen LogP contribution is -2.36. The molecule has 5 heteroatoms. The number of carbonyl (C=O) groups is 1. The number of carbonyl (C=O) groups excluding carboxylic acids is 1. The van der Waals surface area contributed by atoms with E-state index in [1.165, 1.54) is 5.56 Å². The van der Waals surface area contributed by atoms with Gasteiger partial charge in [0.05, 0.1) is 12.4 Å². The molecule has 0 N–H and O–H groups in total. The molecule has 0 fully saturated rings. The van der Waals surface area contributed by atoms with Gasteiger partial charge in [0.2, 0.25) is 0 Å². The van der Waals surface area contributed by atoms with E-state index in [0.29, 0.717) is 5.69 Å².